The molecule has 134 valence electrons. The number of aryl methyl sites for hydroxylation is 1. The van der Waals surface area contributed by atoms with Crippen LogP contribution < -0.4 is 10.1 Å². The Balaban J connectivity index is 1.70. The van der Waals surface area contributed by atoms with Crippen LogP contribution in [0.4, 0.5) is 5.69 Å². The maximum absolute atomic E-state index is 6.08. The van der Waals surface area contributed by atoms with E-state index in [0.29, 0.717) is 23.2 Å². The van der Waals surface area contributed by atoms with Crippen LogP contribution in [-0.4, -0.2) is 0 Å². The zero-order valence-corrected chi connectivity index (χ0v) is 17.3. The third-order valence-electron chi connectivity index (χ3n) is 3.94. The molecular weight excluding hydrogens is 433 g/mol. The maximum Gasteiger partial charge on any atom is 0.124 e. The van der Waals surface area contributed by atoms with E-state index >= 15 is 0 Å². The Kier molecular flexibility index (Phi) is 6.47. The minimum absolute atomic E-state index is 0.529. The summed E-state index contributed by atoms with van der Waals surface area (Å²) in [5.74, 6) is 0.848. The van der Waals surface area contributed by atoms with Crippen LogP contribution in [0, 0.1) is 6.92 Å². The molecule has 0 saturated heterocycles. The second kappa shape index (κ2) is 8.81. The lowest BCUT2D eigenvalue weighted by molar-refractivity contribution is 0.303. The lowest BCUT2D eigenvalue weighted by atomic mass is 10.1. The van der Waals surface area contributed by atoms with Crippen LogP contribution in [0.25, 0.3) is 0 Å². The van der Waals surface area contributed by atoms with Crippen LogP contribution in [0.3, 0.4) is 0 Å². The summed E-state index contributed by atoms with van der Waals surface area (Å²) in [6, 6.07) is 19.9. The van der Waals surface area contributed by atoms with Gasteiger partial charge in [-0.15, -0.1) is 0 Å². The summed E-state index contributed by atoms with van der Waals surface area (Å²) in [7, 11) is 0. The molecule has 0 saturated carbocycles. The van der Waals surface area contributed by atoms with E-state index in [2.05, 4.69) is 58.5 Å². The molecule has 0 aliphatic rings. The van der Waals surface area contributed by atoms with Gasteiger partial charge in [-0.2, -0.15) is 0 Å². The van der Waals surface area contributed by atoms with Crippen molar-refractivity contribution >= 4 is 44.8 Å². The third-order valence-corrected chi connectivity index (χ3v) is 5.17. The van der Waals surface area contributed by atoms with Gasteiger partial charge in [0.1, 0.15) is 12.4 Å². The van der Waals surface area contributed by atoms with E-state index in [9.17, 15) is 0 Å². The van der Waals surface area contributed by atoms with Crippen molar-refractivity contribution in [2.45, 2.75) is 20.1 Å². The van der Waals surface area contributed by atoms with Crippen molar-refractivity contribution in [2.24, 2.45) is 0 Å². The highest BCUT2D eigenvalue weighted by molar-refractivity contribution is 9.10. The third kappa shape index (κ3) is 5.16. The number of hydrogen-bond donors (Lipinski definition) is 1. The molecule has 1 N–H and O–H groups in total. The van der Waals surface area contributed by atoms with Gasteiger partial charge in [0.25, 0.3) is 0 Å². The summed E-state index contributed by atoms with van der Waals surface area (Å²) in [6.45, 7) is 3.22. The smallest absolute Gasteiger partial charge is 0.124 e. The van der Waals surface area contributed by atoms with Crippen LogP contribution in [0.1, 0.15) is 16.7 Å². The lowest BCUT2D eigenvalue weighted by Gasteiger charge is -2.14. The second-order valence-electron chi connectivity index (χ2n) is 6.01. The minimum Gasteiger partial charge on any atom is -0.489 e. The zero-order chi connectivity index (χ0) is 18.5. The summed E-state index contributed by atoms with van der Waals surface area (Å²) < 4.78 is 7.05. The molecule has 3 aromatic rings. The van der Waals surface area contributed by atoms with E-state index in [4.69, 9.17) is 27.9 Å². The molecule has 0 aliphatic carbocycles. The minimum atomic E-state index is 0.529. The lowest BCUT2D eigenvalue weighted by Crippen LogP contribution is -2.04. The first-order valence-electron chi connectivity index (χ1n) is 8.17. The first-order valence-corrected chi connectivity index (χ1v) is 9.72. The molecule has 0 amide bonds. The molecule has 0 fully saturated rings. The number of anilines is 1. The van der Waals surface area contributed by atoms with Crippen LogP contribution >= 0.6 is 39.1 Å². The van der Waals surface area contributed by atoms with Gasteiger partial charge in [0.2, 0.25) is 0 Å². The first kappa shape index (κ1) is 19.1. The predicted octanol–water partition coefficient (Wildman–Crippen LogP) is 7.26. The topological polar surface area (TPSA) is 21.3 Å². The van der Waals surface area contributed by atoms with Gasteiger partial charge in [-0.25, -0.2) is 0 Å². The van der Waals surface area contributed by atoms with E-state index in [-0.39, 0.29) is 0 Å². The van der Waals surface area contributed by atoms with E-state index in [1.54, 1.807) is 6.07 Å². The Morgan fingerprint density at radius 2 is 1.69 bits per heavy atom. The average molecular weight is 451 g/mol. The molecule has 0 aliphatic heterocycles. The van der Waals surface area contributed by atoms with Crippen molar-refractivity contribution in [1.29, 1.82) is 0 Å². The number of hydrogen-bond acceptors (Lipinski definition) is 2. The molecular formula is C21H18BrCl2NO. The SMILES string of the molecule is Cc1ccc(COc2ccc(Br)cc2CNc2ccc(Cl)c(Cl)c2)cc1. The quantitative estimate of drug-likeness (QED) is 0.426. The van der Waals surface area contributed by atoms with Gasteiger partial charge in [-0.1, -0.05) is 69.0 Å². The average Bonchev–Trinajstić information content (AvgIpc) is 2.63. The highest BCUT2D eigenvalue weighted by atomic mass is 79.9. The van der Waals surface area contributed by atoms with E-state index < -0.39 is 0 Å². The van der Waals surface area contributed by atoms with Crippen molar-refractivity contribution in [3.8, 4) is 5.75 Å². The Labute approximate surface area is 172 Å². The van der Waals surface area contributed by atoms with Crippen molar-refractivity contribution in [3.63, 3.8) is 0 Å². The predicted molar refractivity (Wildman–Crippen MR) is 113 cm³/mol. The summed E-state index contributed by atoms with van der Waals surface area (Å²) >= 11 is 15.6. The fourth-order valence-corrected chi connectivity index (χ4v) is 3.18. The second-order valence-corrected chi connectivity index (χ2v) is 7.74. The van der Waals surface area contributed by atoms with Gasteiger partial charge in [0.15, 0.2) is 0 Å². The van der Waals surface area contributed by atoms with Crippen LogP contribution in [0.5, 0.6) is 5.75 Å². The molecule has 0 radical (unpaired) electrons. The fourth-order valence-electron chi connectivity index (χ4n) is 2.48. The van der Waals surface area contributed by atoms with Crippen molar-refractivity contribution in [3.05, 3.63) is 91.9 Å². The van der Waals surface area contributed by atoms with Gasteiger partial charge >= 0.3 is 0 Å². The normalized spacial score (nSPS) is 10.6. The molecule has 26 heavy (non-hydrogen) atoms. The van der Waals surface area contributed by atoms with Gasteiger partial charge in [0, 0.05) is 22.3 Å². The Bertz CT molecular complexity index is 897. The summed E-state index contributed by atoms with van der Waals surface area (Å²) in [5.41, 5.74) is 4.34. The number of ether oxygens (including phenoxy) is 1. The molecule has 0 spiro atoms. The Hall–Kier alpha value is -1.68. The van der Waals surface area contributed by atoms with Gasteiger partial charge in [0.05, 0.1) is 10.0 Å². The molecule has 0 bridgehead atoms. The van der Waals surface area contributed by atoms with Crippen LogP contribution in [-0.2, 0) is 13.2 Å². The summed E-state index contributed by atoms with van der Waals surface area (Å²) in [6.07, 6.45) is 0. The molecule has 3 rings (SSSR count). The maximum atomic E-state index is 6.08. The fraction of sp³-hybridized carbons (Fsp3) is 0.143. The monoisotopic (exact) mass is 449 g/mol. The zero-order valence-electron chi connectivity index (χ0n) is 14.2. The summed E-state index contributed by atoms with van der Waals surface area (Å²) in [5, 5.41) is 4.43. The van der Waals surface area contributed by atoms with Gasteiger partial charge < -0.3 is 10.1 Å². The molecule has 3 aromatic carbocycles. The van der Waals surface area contributed by atoms with E-state index in [0.717, 1.165) is 27.0 Å². The van der Waals surface area contributed by atoms with Gasteiger partial charge in [-0.3, -0.25) is 0 Å². The molecule has 0 heterocycles. The summed E-state index contributed by atoms with van der Waals surface area (Å²) in [4.78, 5) is 0. The number of nitrogens with one attached hydrogen (secondary N) is 1. The Morgan fingerprint density at radius 3 is 2.42 bits per heavy atom. The first-order chi connectivity index (χ1) is 12.5. The molecule has 2 nitrogen and oxygen atoms in total. The Morgan fingerprint density at radius 1 is 0.923 bits per heavy atom. The molecule has 0 atom stereocenters. The van der Waals surface area contributed by atoms with Crippen molar-refractivity contribution in [1.82, 2.24) is 0 Å². The van der Waals surface area contributed by atoms with Crippen LogP contribution in [0.15, 0.2) is 65.1 Å². The highest BCUT2D eigenvalue weighted by Gasteiger charge is 2.07. The van der Waals surface area contributed by atoms with Crippen LogP contribution in [0.2, 0.25) is 10.0 Å². The largest absolute Gasteiger partial charge is 0.489 e. The highest BCUT2D eigenvalue weighted by Crippen LogP contribution is 2.28. The van der Waals surface area contributed by atoms with Crippen molar-refractivity contribution in [2.75, 3.05) is 5.32 Å². The number of halogens is 3. The van der Waals surface area contributed by atoms with E-state index in [1.165, 1.54) is 5.56 Å². The number of benzene rings is 3. The van der Waals surface area contributed by atoms with E-state index in [1.807, 2.05) is 24.3 Å². The number of rotatable bonds is 6. The molecule has 0 aromatic heterocycles. The van der Waals surface area contributed by atoms with Crippen molar-refractivity contribution < 1.29 is 4.74 Å². The van der Waals surface area contributed by atoms with Gasteiger partial charge in [-0.05, 0) is 48.9 Å². The standard InChI is InChI=1S/C21H18BrCl2NO/c1-14-2-4-15(5-3-14)13-26-21-9-6-17(22)10-16(21)12-25-18-7-8-19(23)20(24)11-18/h2-11,25H,12-13H2,1H3. The molecule has 0 unspecified atom stereocenters. The molecule has 5 heteroatoms.